The molecule has 1 aliphatic rings. The fourth-order valence-electron chi connectivity index (χ4n) is 3.66. The van der Waals surface area contributed by atoms with Crippen LogP contribution >= 0.6 is 0 Å². The van der Waals surface area contributed by atoms with Gasteiger partial charge in [-0.3, -0.25) is 9.69 Å². The fourth-order valence-corrected chi connectivity index (χ4v) is 5.08. The molecule has 30 heavy (non-hydrogen) atoms. The summed E-state index contributed by atoms with van der Waals surface area (Å²) in [5.41, 5.74) is 1.79. The van der Waals surface area contributed by atoms with Gasteiger partial charge in [0.1, 0.15) is 0 Å². The Morgan fingerprint density at radius 2 is 1.57 bits per heavy atom. The van der Waals surface area contributed by atoms with Gasteiger partial charge in [-0.05, 0) is 42.0 Å². The number of carbonyl (C=O) groups is 1. The second kappa shape index (κ2) is 8.55. The van der Waals surface area contributed by atoms with E-state index < -0.39 is 10.0 Å². The Bertz CT molecular complexity index is 1150. The third kappa shape index (κ3) is 4.53. The van der Waals surface area contributed by atoms with E-state index in [9.17, 15) is 13.2 Å². The summed E-state index contributed by atoms with van der Waals surface area (Å²) in [7, 11) is -3.49. The van der Waals surface area contributed by atoms with Crippen molar-refractivity contribution in [1.82, 2.24) is 9.21 Å². The normalized spacial score (nSPS) is 15.9. The van der Waals surface area contributed by atoms with Gasteiger partial charge in [-0.25, -0.2) is 8.42 Å². The molecule has 0 aromatic heterocycles. The van der Waals surface area contributed by atoms with Crippen molar-refractivity contribution in [1.29, 1.82) is 0 Å². The highest BCUT2D eigenvalue weighted by Crippen LogP contribution is 2.20. The van der Waals surface area contributed by atoms with E-state index in [0.717, 1.165) is 22.0 Å². The Morgan fingerprint density at radius 1 is 0.900 bits per heavy atom. The molecule has 0 saturated carbocycles. The van der Waals surface area contributed by atoms with Crippen molar-refractivity contribution < 1.29 is 13.2 Å². The van der Waals surface area contributed by atoms with Gasteiger partial charge in [0.15, 0.2) is 0 Å². The lowest BCUT2D eigenvalue weighted by molar-refractivity contribution is -0.117. The van der Waals surface area contributed by atoms with Gasteiger partial charge in [-0.2, -0.15) is 4.31 Å². The standard InChI is InChI=1S/C23H25N3O3S/c1-18-6-10-22(11-7-18)30(28,29)26-14-12-25(13-15-26)17-23(27)24-21-9-8-19-4-2-3-5-20(19)16-21/h2-11,16H,12-15,17H2,1H3,(H,24,27). The summed E-state index contributed by atoms with van der Waals surface area (Å²) in [5.74, 6) is -0.0971. The molecular weight excluding hydrogens is 398 g/mol. The molecule has 3 aromatic rings. The van der Waals surface area contributed by atoms with E-state index in [4.69, 9.17) is 0 Å². The maximum atomic E-state index is 12.8. The molecule has 1 saturated heterocycles. The van der Waals surface area contributed by atoms with E-state index in [1.165, 1.54) is 4.31 Å². The molecule has 156 valence electrons. The van der Waals surface area contributed by atoms with Gasteiger partial charge >= 0.3 is 0 Å². The van der Waals surface area contributed by atoms with E-state index in [0.29, 0.717) is 31.1 Å². The first-order valence-corrected chi connectivity index (χ1v) is 11.4. The molecule has 1 heterocycles. The molecule has 3 aromatic carbocycles. The van der Waals surface area contributed by atoms with E-state index in [2.05, 4.69) is 5.32 Å². The summed E-state index contributed by atoms with van der Waals surface area (Å²) in [4.78, 5) is 14.8. The van der Waals surface area contributed by atoms with Gasteiger partial charge in [0.2, 0.25) is 15.9 Å². The summed E-state index contributed by atoms with van der Waals surface area (Å²) in [6.45, 7) is 3.97. The lowest BCUT2D eigenvalue weighted by Crippen LogP contribution is -2.50. The number of sulfonamides is 1. The summed E-state index contributed by atoms with van der Waals surface area (Å²) in [5, 5.41) is 5.14. The first-order chi connectivity index (χ1) is 14.4. The van der Waals surface area contributed by atoms with Crippen LogP contribution in [-0.4, -0.2) is 56.3 Å². The summed E-state index contributed by atoms with van der Waals surface area (Å²) < 4.78 is 27.1. The van der Waals surface area contributed by atoms with E-state index in [1.807, 2.05) is 54.3 Å². The third-order valence-electron chi connectivity index (χ3n) is 5.39. The largest absolute Gasteiger partial charge is 0.325 e. The maximum Gasteiger partial charge on any atom is 0.243 e. The van der Waals surface area contributed by atoms with Gasteiger partial charge in [-0.1, -0.05) is 48.0 Å². The van der Waals surface area contributed by atoms with Crippen LogP contribution < -0.4 is 5.32 Å². The number of amides is 1. The third-order valence-corrected chi connectivity index (χ3v) is 7.30. The molecule has 0 radical (unpaired) electrons. The number of rotatable bonds is 5. The van der Waals surface area contributed by atoms with Crippen LogP contribution in [0.25, 0.3) is 10.8 Å². The number of hydrogen-bond acceptors (Lipinski definition) is 4. The zero-order valence-corrected chi connectivity index (χ0v) is 17.7. The molecule has 0 spiro atoms. The smallest absolute Gasteiger partial charge is 0.243 e. The van der Waals surface area contributed by atoms with Crippen LogP contribution in [0.4, 0.5) is 5.69 Å². The number of piperazine rings is 1. The molecule has 1 N–H and O–H groups in total. The second-order valence-electron chi connectivity index (χ2n) is 7.60. The molecule has 0 atom stereocenters. The van der Waals surface area contributed by atoms with Crippen LogP contribution in [0.2, 0.25) is 0 Å². The van der Waals surface area contributed by atoms with Gasteiger partial charge in [-0.15, -0.1) is 0 Å². The summed E-state index contributed by atoms with van der Waals surface area (Å²) in [6, 6.07) is 20.7. The highest BCUT2D eigenvalue weighted by Gasteiger charge is 2.28. The fraction of sp³-hybridized carbons (Fsp3) is 0.261. The van der Waals surface area contributed by atoms with Crippen LogP contribution in [0, 0.1) is 6.92 Å². The quantitative estimate of drug-likeness (QED) is 0.685. The Morgan fingerprint density at radius 3 is 2.27 bits per heavy atom. The number of nitrogens with zero attached hydrogens (tertiary/aromatic N) is 2. The van der Waals surface area contributed by atoms with Crippen molar-refractivity contribution in [3.05, 3.63) is 72.3 Å². The Balaban J connectivity index is 1.32. The molecule has 4 rings (SSSR count). The van der Waals surface area contributed by atoms with Crippen molar-refractivity contribution in [2.75, 3.05) is 38.0 Å². The topological polar surface area (TPSA) is 69.7 Å². The zero-order valence-electron chi connectivity index (χ0n) is 16.9. The minimum absolute atomic E-state index is 0.0971. The average Bonchev–Trinajstić information content (AvgIpc) is 2.74. The van der Waals surface area contributed by atoms with Crippen LogP contribution in [0.15, 0.2) is 71.6 Å². The van der Waals surface area contributed by atoms with E-state index in [1.54, 1.807) is 24.3 Å². The van der Waals surface area contributed by atoms with Crippen LogP contribution in [-0.2, 0) is 14.8 Å². The van der Waals surface area contributed by atoms with Crippen molar-refractivity contribution in [2.45, 2.75) is 11.8 Å². The molecule has 0 unspecified atom stereocenters. The van der Waals surface area contributed by atoms with Crippen LogP contribution in [0.1, 0.15) is 5.56 Å². The van der Waals surface area contributed by atoms with E-state index >= 15 is 0 Å². The number of carbonyl (C=O) groups excluding carboxylic acids is 1. The average molecular weight is 424 g/mol. The summed E-state index contributed by atoms with van der Waals surface area (Å²) in [6.07, 6.45) is 0. The van der Waals surface area contributed by atoms with Crippen molar-refractivity contribution in [3.8, 4) is 0 Å². The molecule has 1 fully saturated rings. The predicted octanol–water partition coefficient (Wildman–Crippen LogP) is 3.09. The van der Waals surface area contributed by atoms with Crippen molar-refractivity contribution >= 4 is 32.4 Å². The lowest BCUT2D eigenvalue weighted by Gasteiger charge is -2.33. The molecule has 0 aliphatic carbocycles. The predicted molar refractivity (Wildman–Crippen MR) is 119 cm³/mol. The van der Waals surface area contributed by atoms with Gasteiger partial charge in [0.05, 0.1) is 11.4 Å². The molecule has 0 bridgehead atoms. The van der Waals surface area contributed by atoms with Gasteiger partial charge in [0, 0.05) is 31.9 Å². The van der Waals surface area contributed by atoms with Gasteiger partial charge in [0.25, 0.3) is 0 Å². The number of anilines is 1. The monoisotopic (exact) mass is 423 g/mol. The molecule has 7 heteroatoms. The molecule has 1 amide bonds. The Kier molecular flexibility index (Phi) is 5.85. The number of fused-ring (bicyclic) bond motifs is 1. The molecule has 6 nitrogen and oxygen atoms in total. The zero-order chi connectivity index (χ0) is 21.1. The highest BCUT2D eigenvalue weighted by molar-refractivity contribution is 7.89. The van der Waals surface area contributed by atoms with Crippen molar-refractivity contribution in [2.24, 2.45) is 0 Å². The minimum atomic E-state index is -3.49. The van der Waals surface area contributed by atoms with Gasteiger partial charge < -0.3 is 5.32 Å². The first-order valence-electron chi connectivity index (χ1n) is 10.00. The second-order valence-corrected chi connectivity index (χ2v) is 9.54. The summed E-state index contributed by atoms with van der Waals surface area (Å²) >= 11 is 0. The van der Waals surface area contributed by atoms with Crippen LogP contribution in [0.5, 0.6) is 0 Å². The SMILES string of the molecule is Cc1ccc(S(=O)(=O)N2CCN(CC(=O)Nc3ccc4ccccc4c3)CC2)cc1. The lowest BCUT2D eigenvalue weighted by atomic mass is 10.1. The maximum absolute atomic E-state index is 12.8. The number of benzene rings is 3. The number of hydrogen-bond donors (Lipinski definition) is 1. The molecule has 1 aliphatic heterocycles. The number of aryl methyl sites for hydroxylation is 1. The van der Waals surface area contributed by atoms with Crippen LogP contribution in [0.3, 0.4) is 0 Å². The van der Waals surface area contributed by atoms with Crippen molar-refractivity contribution in [3.63, 3.8) is 0 Å². The number of nitrogens with one attached hydrogen (secondary N) is 1. The Labute approximate surface area is 177 Å². The first kappa shape index (κ1) is 20.5. The highest BCUT2D eigenvalue weighted by atomic mass is 32.2. The Hall–Kier alpha value is -2.74. The molecular formula is C23H25N3O3S. The minimum Gasteiger partial charge on any atom is -0.325 e. The van der Waals surface area contributed by atoms with E-state index in [-0.39, 0.29) is 12.5 Å².